The molecule has 0 amide bonds. The van der Waals surface area contributed by atoms with Crippen LogP contribution in [0.5, 0.6) is 0 Å². The summed E-state index contributed by atoms with van der Waals surface area (Å²) < 4.78 is 0. The minimum Gasteiger partial charge on any atom is -0.287 e. The van der Waals surface area contributed by atoms with Gasteiger partial charge in [-0.05, 0) is 17.9 Å². The molecule has 0 aliphatic heterocycles. The number of thioether (sulfide) groups is 1. The second-order valence-electron chi connectivity index (χ2n) is 3.40. The number of terminal acetylenes is 1. The van der Waals surface area contributed by atoms with Crippen LogP contribution in [0.4, 0.5) is 0 Å². The van der Waals surface area contributed by atoms with Gasteiger partial charge in [-0.15, -0.1) is 6.42 Å². The molecule has 0 radical (unpaired) electrons. The van der Waals surface area contributed by atoms with Crippen molar-refractivity contribution >= 4 is 23.4 Å². The molecule has 16 heavy (non-hydrogen) atoms. The normalized spacial score (nSPS) is 10.4. The van der Waals surface area contributed by atoms with Crippen molar-refractivity contribution in [2.75, 3.05) is 25.1 Å². The summed E-state index contributed by atoms with van der Waals surface area (Å²) in [5.74, 6) is 3.76. The molecule has 0 N–H and O–H groups in total. The number of nitrogens with zero attached hydrogens (tertiary/aromatic N) is 2. The van der Waals surface area contributed by atoms with Crippen LogP contribution in [0.25, 0.3) is 0 Å². The Morgan fingerprint density at radius 2 is 2.38 bits per heavy atom. The van der Waals surface area contributed by atoms with E-state index in [0.717, 1.165) is 24.4 Å². The maximum absolute atomic E-state index is 5.73. The predicted octanol–water partition coefficient (Wildman–Crippen LogP) is 2.53. The Balaban J connectivity index is 2.53. The maximum atomic E-state index is 5.73. The first-order chi connectivity index (χ1) is 7.76. The molecule has 0 aromatic carbocycles. The molecule has 0 saturated carbocycles. The van der Waals surface area contributed by atoms with Gasteiger partial charge in [-0.2, -0.15) is 11.8 Å². The Morgan fingerprint density at radius 3 is 2.94 bits per heavy atom. The van der Waals surface area contributed by atoms with Gasteiger partial charge in [0.1, 0.15) is 5.15 Å². The van der Waals surface area contributed by atoms with E-state index in [1.54, 1.807) is 12.3 Å². The Morgan fingerprint density at radius 1 is 1.56 bits per heavy atom. The SMILES string of the molecule is C#CCN(CCSC)Cc1ccc(Cl)nc1. The van der Waals surface area contributed by atoms with Gasteiger partial charge in [-0.3, -0.25) is 4.90 Å². The first-order valence-electron chi connectivity index (χ1n) is 5.01. The second-order valence-corrected chi connectivity index (χ2v) is 4.77. The molecule has 0 fully saturated rings. The van der Waals surface area contributed by atoms with E-state index >= 15 is 0 Å². The Labute approximate surface area is 106 Å². The average Bonchev–Trinajstić information content (AvgIpc) is 2.29. The fourth-order valence-electron chi connectivity index (χ4n) is 1.32. The standard InChI is InChI=1S/C12H15ClN2S/c1-3-6-15(7-8-16-2)10-11-4-5-12(13)14-9-11/h1,4-5,9H,6-8,10H2,2H3. The molecule has 1 aromatic rings. The Bertz CT molecular complexity index is 345. The zero-order valence-electron chi connectivity index (χ0n) is 9.32. The van der Waals surface area contributed by atoms with E-state index < -0.39 is 0 Å². The van der Waals surface area contributed by atoms with Gasteiger partial charge in [0.15, 0.2) is 0 Å². The smallest absolute Gasteiger partial charge is 0.129 e. The molecule has 0 unspecified atom stereocenters. The van der Waals surface area contributed by atoms with Crippen LogP contribution in [0.1, 0.15) is 5.56 Å². The molecule has 2 nitrogen and oxygen atoms in total. The number of halogens is 1. The fraction of sp³-hybridized carbons (Fsp3) is 0.417. The molecule has 0 bridgehead atoms. The van der Waals surface area contributed by atoms with E-state index in [9.17, 15) is 0 Å². The van der Waals surface area contributed by atoms with Crippen molar-refractivity contribution < 1.29 is 0 Å². The summed E-state index contributed by atoms with van der Waals surface area (Å²) in [5.41, 5.74) is 1.14. The summed E-state index contributed by atoms with van der Waals surface area (Å²) in [6.07, 6.45) is 9.24. The van der Waals surface area contributed by atoms with Crippen molar-refractivity contribution in [2.24, 2.45) is 0 Å². The van der Waals surface area contributed by atoms with Crippen molar-refractivity contribution in [2.45, 2.75) is 6.54 Å². The summed E-state index contributed by atoms with van der Waals surface area (Å²) in [4.78, 5) is 6.28. The third kappa shape index (κ3) is 4.89. The largest absolute Gasteiger partial charge is 0.287 e. The van der Waals surface area contributed by atoms with Gasteiger partial charge < -0.3 is 0 Å². The van der Waals surface area contributed by atoms with Crippen molar-refractivity contribution in [3.05, 3.63) is 29.0 Å². The minimum absolute atomic E-state index is 0.524. The van der Waals surface area contributed by atoms with E-state index in [1.165, 1.54) is 0 Å². The summed E-state index contributed by atoms with van der Waals surface area (Å²) >= 11 is 7.55. The number of rotatable bonds is 6. The van der Waals surface area contributed by atoms with Crippen LogP contribution in [-0.4, -0.2) is 35.0 Å². The molecule has 86 valence electrons. The molecule has 0 saturated heterocycles. The first kappa shape index (κ1) is 13.4. The molecule has 1 heterocycles. The molecule has 1 rings (SSSR count). The van der Waals surface area contributed by atoms with E-state index in [0.29, 0.717) is 11.7 Å². The van der Waals surface area contributed by atoms with Crippen molar-refractivity contribution in [1.82, 2.24) is 9.88 Å². The van der Waals surface area contributed by atoms with Crippen LogP contribution in [-0.2, 0) is 6.54 Å². The van der Waals surface area contributed by atoms with E-state index in [2.05, 4.69) is 22.1 Å². The molecule has 4 heteroatoms. The van der Waals surface area contributed by atoms with Crippen LogP contribution in [0.15, 0.2) is 18.3 Å². The topological polar surface area (TPSA) is 16.1 Å². The second kappa shape index (κ2) is 7.56. The van der Waals surface area contributed by atoms with Crippen molar-refractivity contribution in [3.63, 3.8) is 0 Å². The number of aromatic nitrogens is 1. The van der Waals surface area contributed by atoms with Crippen molar-refractivity contribution in [3.8, 4) is 12.3 Å². The van der Waals surface area contributed by atoms with E-state index in [1.807, 2.05) is 17.8 Å². The third-order valence-corrected chi connectivity index (χ3v) is 2.94. The molecule has 1 aromatic heterocycles. The van der Waals surface area contributed by atoms with Gasteiger partial charge in [0.05, 0.1) is 6.54 Å². The lowest BCUT2D eigenvalue weighted by Crippen LogP contribution is -2.26. The molecule has 0 aliphatic rings. The van der Waals surface area contributed by atoms with Crippen LogP contribution in [0, 0.1) is 12.3 Å². The number of pyridine rings is 1. The molecule has 0 atom stereocenters. The summed E-state index contributed by atoms with van der Waals surface area (Å²) in [6.45, 7) is 2.49. The lowest BCUT2D eigenvalue weighted by molar-refractivity contribution is 0.318. The monoisotopic (exact) mass is 254 g/mol. The molecule has 0 spiro atoms. The summed E-state index contributed by atoms with van der Waals surface area (Å²) in [6, 6.07) is 3.79. The van der Waals surface area contributed by atoms with Gasteiger partial charge in [0.2, 0.25) is 0 Å². The average molecular weight is 255 g/mol. The van der Waals surface area contributed by atoms with Crippen LogP contribution < -0.4 is 0 Å². The molecular formula is C12H15ClN2S. The summed E-state index contributed by atoms with van der Waals surface area (Å²) in [7, 11) is 0. The van der Waals surface area contributed by atoms with Gasteiger partial charge in [-0.1, -0.05) is 23.6 Å². The van der Waals surface area contributed by atoms with E-state index in [-0.39, 0.29) is 0 Å². The van der Waals surface area contributed by atoms with Gasteiger partial charge in [-0.25, -0.2) is 4.98 Å². The van der Waals surface area contributed by atoms with E-state index in [4.69, 9.17) is 18.0 Å². The van der Waals surface area contributed by atoms with Gasteiger partial charge in [0, 0.05) is 25.0 Å². The van der Waals surface area contributed by atoms with Gasteiger partial charge in [0.25, 0.3) is 0 Å². The number of hydrogen-bond donors (Lipinski definition) is 0. The zero-order valence-corrected chi connectivity index (χ0v) is 10.9. The summed E-state index contributed by atoms with van der Waals surface area (Å²) in [5, 5.41) is 0.524. The first-order valence-corrected chi connectivity index (χ1v) is 6.78. The third-order valence-electron chi connectivity index (χ3n) is 2.12. The highest BCUT2D eigenvalue weighted by Gasteiger charge is 2.04. The Kier molecular flexibility index (Phi) is 6.32. The van der Waals surface area contributed by atoms with Gasteiger partial charge >= 0.3 is 0 Å². The Hall–Kier alpha value is -0.690. The maximum Gasteiger partial charge on any atom is 0.129 e. The number of hydrogen-bond acceptors (Lipinski definition) is 3. The van der Waals surface area contributed by atoms with Crippen LogP contribution >= 0.6 is 23.4 Å². The highest BCUT2D eigenvalue weighted by Crippen LogP contribution is 2.08. The minimum atomic E-state index is 0.524. The lowest BCUT2D eigenvalue weighted by Gasteiger charge is -2.18. The molecule has 0 aliphatic carbocycles. The predicted molar refractivity (Wildman–Crippen MR) is 71.7 cm³/mol. The quantitative estimate of drug-likeness (QED) is 0.573. The highest BCUT2D eigenvalue weighted by atomic mass is 35.5. The fourth-order valence-corrected chi connectivity index (χ4v) is 1.87. The molecular weight excluding hydrogens is 240 g/mol. The zero-order chi connectivity index (χ0) is 11.8. The highest BCUT2D eigenvalue weighted by molar-refractivity contribution is 7.98. The van der Waals surface area contributed by atoms with Crippen LogP contribution in [0.3, 0.4) is 0 Å². The van der Waals surface area contributed by atoms with Crippen molar-refractivity contribution in [1.29, 1.82) is 0 Å². The lowest BCUT2D eigenvalue weighted by atomic mass is 10.2. The van der Waals surface area contributed by atoms with Crippen LogP contribution in [0.2, 0.25) is 5.15 Å².